The average molecular weight is 359 g/mol. The Kier molecular flexibility index (Phi) is 6.44. The summed E-state index contributed by atoms with van der Waals surface area (Å²) in [6, 6.07) is 0. The third kappa shape index (κ3) is 3.52. The smallest absolute Gasteiger partial charge is 0.341 e. The maximum Gasteiger partial charge on any atom is 0.341 e. The Morgan fingerprint density at radius 3 is 2.08 bits per heavy atom. The minimum Gasteiger partial charge on any atom is -0.479 e. The Morgan fingerprint density at radius 1 is 1.12 bits per heavy atom. The minimum atomic E-state index is -3.85. The van der Waals surface area contributed by atoms with Crippen molar-refractivity contribution in [1.82, 2.24) is 0 Å². The first-order valence-corrected chi connectivity index (χ1v) is 6.83. The Bertz CT molecular complexity index is 477. The molecular weight excluding hydrogens is 336 g/mol. The third-order valence-electron chi connectivity index (χ3n) is 3.82. The van der Waals surface area contributed by atoms with Crippen LogP contribution in [-0.2, 0) is 9.53 Å². The lowest BCUT2D eigenvalue weighted by Gasteiger charge is -2.47. The molecule has 0 saturated carbocycles. The second-order valence-corrected chi connectivity index (χ2v) is 5.39. The number of ether oxygens (including phenoxy) is 1. The Hall–Kier alpha value is -0.930. The van der Waals surface area contributed by atoms with Gasteiger partial charge in [0.1, 0.15) is 48.8 Å². The van der Waals surface area contributed by atoms with Gasteiger partial charge in [-0.2, -0.15) is 0 Å². The summed E-state index contributed by atoms with van der Waals surface area (Å²) in [5, 5.41) is 95.9. The van der Waals surface area contributed by atoms with Gasteiger partial charge in [0.25, 0.3) is 0 Å². The van der Waals surface area contributed by atoms with E-state index in [1.54, 1.807) is 0 Å². The summed E-state index contributed by atoms with van der Waals surface area (Å²) >= 11 is 0. The molecule has 1 aliphatic rings. The molecular formula is C12H22O12. The Morgan fingerprint density at radius 2 is 1.67 bits per heavy atom. The SMILES string of the molecule is [2H][C@@]1([C@](O)(C(=O)O)[C@@H](O)[C@H](O)[C@H](O)CO)O[C@H](CO)[C@H](O)[C@H](O)[C@H]1O. The maximum atomic E-state index is 11.5. The minimum absolute atomic E-state index is 1.06. The topological polar surface area (TPSA) is 229 Å². The first-order valence-electron chi connectivity index (χ1n) is 7.33. The average Bonchev–Trinajstić information content (AvgIpc) is 2.59. The van der Waals surface area contributed by atoms with Crippen molar-refractivity contribution in [2.45, 2.75) is 54.4 Å². The molecule has 12 heteroatoms. The summed E-state index contributed by atoms with van der Waals surface area (Å²) in [4.78, 5) is 11.5. The number of hydrogen-bond acceptors (Lipinski definition) is 11. The first-order chi connectivity index (χ1) is 11.4. The van der Waals surface area contributed by atoms with Gasteiger partial charge in [-0.05, 0) is 0 Å². The van der Waals surface area contributed by atoms with Crippen LogP contribution >= 0.6 is 0 Å². The maximum absolute atomic E-state index is 11.5. The zero-order valence-corrected chi connectivity index (χ0v) is 12.2. The number of aliphatic hydroxyl groups excluding tert-OH is 8. The van der Waals surface area contributed by atoms with E-state index in [0.717, 1.165) is 0 Å². The van der Waals surface area contributed by atoms with Crippen LogP contribution in [0.2, 0.25) is 0 Å². The Balaban J connectivity index is 3.42. The van der Waals surface area contributed by atoms with E-state index in [4.69, 9.17) is 16.3 Å². The number of aliphatic carboxylic acids is 1. The lowest BCUT2D eigenvalue weighted by molar-refractivity contribution is -0.291. The van der Waals surface area contributed by atoms with Crippen molar-refractivity contribution in [1.29, 1.82) is 0 Å². The number of carboxylic acid groups (broad SMARTS) is 1. The van der Waals surface area contributed by atoms with Gasteiger partial charge in [0.2, 0.25) is 5.60 Å². The van der Waals surface area contributed by atoms with Crippen molar-refractivity contribution < 1.29 is 62.0 Å². The first kappa shape index (κ1) is 19.4. The summed E-state index contributed by atoms with van der Waals surface area (Å²) in [5.74, 6) is -2.39. The van der Waals surface area contributed by atoms with Crippen molar-refractivity contribution in [3.05, 3.63) is 0 Å². The summed E-state index contributed by atoms with van der Waals surface area (Å²) in [6.07, 6.45) is -19.7. The summed E-state index contributed by atoms with van der Waals surface area (Å²) in [7, 11) is 0. The monoisotopic (exact) mass is 359 g/mol. The molecule has 0 radical (unpaired) electrons. The zero-order chi connectivity index (χ0) is 19.7. The van der Waals surface area contributed by atoms with E-state index in [9.17, 15) is 45.6 Å². The van der Waals surface area contributed by atoms with Crippen molar-refractivity contribution in [2.24, 2.45) is 0 Å². The van der Waals surface area contributed by atoms with Crippen LogP contribution in [0.5, 0.6) is 0 Å². The van der Waals surface area contributed by atoms with Gasteiger partial charge in [-0.1, -0.05) is 0 Å². The highest BCUT2D eigenvalue weighted by molar-refractivity contribution is 5.79. The fourth-order valence-corrected chi connectivity index (χ4v) is 2.27. The predicted octanol–water partition coefficient (Wildman–Crippen LogP) is -6.28. The van der Waals surface area contributed by atoms with E-state index in [1.165, 1.54) is 0 Å². The molecule has 142 valence electrons. The number of hydrogen-bond donors (Lipinski definition) is 10. The van der Waals surface area contributed by atoms with Crippen LogP contribution in [0, 0.1) is 0 Å². The number of rotatable bonds is 7. The Labute approximate surface area is 136 Å². The largest absolute Gasteiger partial charge is 0.479 e. The molecule has 0 aromatic heterocycles. The summed E-state index contributed by atoms with van der Waals surface area (Å²) < 4.78 is 12.7. The molecule has 0 aliphatic carbocycles. The normalized spacial score (nSPS) is 41.0. The highest BCUT2D eigenvalue weighted by Crippen LogP contribution is 2.32. The molecule has 12 nitrogen and oxygen atoms in total. The molecule has 1 aliphatic heterocycles. The van der Waals surface area contributed by atoms with Crippen molar-refractivity contribution in [3.63, 3.8) is 0 Å². The van der Waals surface area contributed by atoms with E-state index in [2.05, 4.69) is 0 Å². The quantitative estimate of drug-likeness (QED) is 0.205. The fourth-order valence-electron chi connectivity index (χ4n) is 2.27. The molecule has 24 heavy (non-hydrogen) atoms. The standard InChI is InChI=1S/C12H22O12/c13-1-3(15)5(16)9(20)12(23,11(21)22)10-8(19)7(18)6(17)4(2-14)24-10/h3-10,13-20,23H,1-2H2,(H,21,22)/t3-,4-,5-,6+,7+,8-,9+,10-,12+/m1/s1/i10D. The second-order valence-electron chi connectivity index (χ2n) is 5.39. The van der Waals surface area contributed by atoms with Crippen LogP contribution in [0.15, 0.2) is 0 Å². The van der Waals surface area contributed by atoms with E-state index in [-0.39, 0.29) is 0 Å². The lowest BCUT2D eigenvalue weighted by atomic mass is 9.79. The van der Waals surface area contributed by atoms with Gasteiger partial charge in [-0.3, -0.25) is 0 Å². The van der Waals surface area contributed by atoms with Gasteiger partial charge in [0.05, 0.1) is 14.6 Å². The van der Waals surface area contributed by atoms with Crippen LogP contribution in [-0.4, -0.2) is 125 Å². The van der Waals surface area contributed by atoms with Crippen LogP contribution in [0.3, 0.4) is 0 Å². The summed E-state index contributed by atoms with van der Waals surface area (Å²) in [6.45, 7) is -2.21. The van der Waals surface area contributed by atoms with Gasteiger partial charge in [-0.15, -0.1) is 0 Å². The molecule has 0 aromatic carbocycles. The van der Waals surface area contributed by atoms with Gasteiger partial charge in [0.15, 0.2) is 0 Å². The van der Waals surface area contributed by atoms with E-state index < -0.39 is 73.6 Å². The molecule has 1 fully saturated rings. The predicted molar refractivity (Wildman–Crippen MR) is 71.5 cm³/mol. The second kappa shape index (κ2) is 7.97. The number of carbonyl (C=O) groups is 1. The van der Waals surface area contributed by atoms with Crippen LogP contribution in [0.1, 0.15) is 1.37 Å². The molecule has 10 N–H and O–H groups in total. The van der Waals surface area contributed by atoms with Gasteiger partial charge in [-0.25, -0.2) is 4.79 Å². The number of carboxylic acids is 1. The van der Waals surface area contributed by atoms with E-state index in [1.807, 2.05) is 0 Å². The molecule has 1 heterocycles. The van der Waals surface area contributed by atoms with Gasteiger partial charge in [0, 0.05) is 0 Å². The molecule has 0 aromatic rings. The van der Waals surface area contributed by atoms with E-state index >= 15 is 0 Å². The fraction of sp³-hybridized carbons (Fsp3) is 0.917. The van der Waals surface area contributed by atoms with Crippen LogP contribution < -0.4 is 0 Å². The number of aliphatic hydroxyl groups is 9. The van der Waals surface area contributed by atoms with Crippen molar-refractivity contribution in [2.75, 3.05) is 13.2 Å². The van der Waals surface area contributed by atoms with Crippen molar-refractivity contribution >= 4 is 5.97 Å². The highest BCUT2D eigenvalue weighted by Gasteiger charge is 2.61. The lowest BCUT2D eigenvalue weighted by Crippen LogP contribution is -2.72. The van der Waals surface area contributed by atoms with Gasteiger partial charge >= 0.3 is 5.97 Å². The van der Waals surface area contributed by atoms with Crippen LogP contribution in [0.4, 0.5) is 0 Å². The molecule has 1 rings (SSSR count). The molecule has 1 saturated heterocycles. The summed E-state index contributed by atoms with van der Waals surface area (Å²) in [5.41, 5.74) is -3.85. The van der Waals surface area contributed by atoms with E-state index in [0.29, 0.717) is 0 Å². The van der Waals surface area contributed by atoms with Gasteiger partial charge < -0.3 is 55.8 Å². The molecule has 0 spiro atoms. The molecule has 0 amide bonds. The van der Waals surface area contributed by atoms with Crippen molar-refractivity contribution in [3.8, 4) is 0 Å². The zero-order valence-electron chi connectivity index (χ0n) is 13.2. The molecule has 9 atom stereocenters. The molecule has 0 unspecified atom stereocenters. The van der Waals surface area contributed by atoms with Crippen LogP contribution in [0.25, 0.3) is 0 Å². The molecule has 0 bridgehead atoms. The highest BCUT2D eigenvalue weighted by atomic mass is 16.6. The third-order valence-corrected chi connectivity index (χ3v) is 3.82.